The number of ketones is 1. The summed E-state index contributed by atoms with van der Waals surface area (Å²) < 4.78 is 0. The molecule has 0 radical (unpaired) electrons. The predicted octanol–water partition coefficient (Wildman–Crippen LogP) is 2.83. The van der Waals surface area contributed by atoms with Crippen LogP contribution in [-0.2, 0) is 9.59 Å². The Morgan fingerprint density at radius 2 is 1.85 bits per heavy atom. The van der Waals surface area contributed by atoms with Gasteiger partial charge in [0.05, 0.1) is 5.69 Å². The number of nitrogens with one attached hydrogen (secondary N) is 3. The van der Waals surface area contributed by atoms with E-state index in [0.29, 0.717) is 16.4 Å². The molecule has 27 heavy (non-hydrogen) atoms. The van der Waals surface area contributed by atoms with Gasteiger partial charge in [-0.15, -0.1) is 5.10 Å². The lowest BCUT2D eigenvalue weighted by Crippen LogP contribution is -2.28. The van der Waals surface area contributed by atoms with Crippen molar-refractivity contribution in [2.75, 3.05) is 10.7 Å². The van der Waals surface area contributed by atoms with Gasteiger partial charge in [0, 0.05) is 17.7 Å². The Bertz CT molecular complexity index is 899. The van der Waals surface area contributed by atoms with Crippen LogP contribution in [0.15, 0.2) is 59.7 Å². The molecule has 1 saturated heterocycles. The molecule has 0 unspecified atom stereocenters. The molecule has 2 aromatic carbocycles. The lowest BCUT2D eigenvalue weighted by molar-refractivity contribution is -0.122. The minimum Gasteiger partial charge on any atom is -0.326 e. The molecule has 3 rings (SSSR count). The molecular weight excluding hydrogens is 364 g/mol. The first-order valence-electron chi connectivity index (χ1n) is 8.28. The van der Waals surface area contributed by atoms with E-state index in [1.54, 1.807) is 24.3 Å². The normalized spacial score (nSPS) is 17.4. The zero-order valence-electron chi connectivity index (χ0n) is 14.6. The number of hydrogen-bond donors (Lipinski definition) is 3. The van der Waals surface area contributed by atoms with Crippen LogP contribution >= 0.6 is 11.8 Å². The van der Waals surface area contributed by atoms with E-state index in [9.17, 15) is 14.4 Å². The van der Waals surface area contributed by atoms with E-state index in [2.05, 4.69) is 21.2 Å². The summed E-state index contributed by atoms with van der Waals surface area (Å²) in [6.45, 7) is 1.46. The molecule has 138 valence electrons. The molecule has 3 N–H and O–H groups in total. The standard InChI is InChI=1S/C19H18N4O3S/c1-12(24)13-6-5-9-15(10-13)20-17(25)11-16-18(26)21-19(27-16)23-22-14-7-3-2-4-8-14/h2-10,16,22H,11H2,1H3,(H,20,25)(H,21,23,26)/t16-/m0/s1. The Morgan fingerprint density at radius 1 is 1.11 bits per heavy atom. The van der Waals surface area contributed by atoms with Crippen LogP contribution < -0.4 is 16.1 Å². The van der Waals surface area contributed by atoms with Crippen molar-refractivity contribution in [1.29, 1.82) is 0 Å². The highest BCUT2D eigenvalue weighted by molar-refractivity contribution is 8.15. The van der Waals surface area contributed by atoms with Gasteiger partial charge in [0.25, 0.3) is 0 Å². The number of anilines is 2. The van der Waals surface area contributed by atoms with Gasteiger partial charge < -0.3 is 10.6 Å². The molecule has 0 aromatic heterocycles. The van der Waals surface area contributed by atoms with Crippen molar-refractivity contribution in [2.45, 2.75) is 18.6 Å². The fourth-order valence-corrected chi connectivity index (χ4v) is 3.34. The first-order chi connectivity index (χ1) is 13.0. The van der Waals surface area contributed by atoms with Gasteiger partial charge in [-0.25, -0.2) is 0 Å². The third-order valence-corrected chi connectivity index (χ3v) is 4.84. The van der Waals surface area contributed by atoms with Gasteiger partial charge in [0.15, 0.2) is 11.0 Å². The third kappa shape index (κ3) is 5.18. The number of carbonyl (C=O) groups excluding carboxylic acids is 3. The molecule has 2 amide bonds. The number of nitrogens with zero attached hydrogens (tertiary/aromatic N) is 1. The average molecular weight is 382 g/mol. The number of hydrogen-bond acceptors (Lipinski definition) is 6. The van der Waals surface area contributed by atoms with E-state index in [-0.39, 0.29) is 24.0 Å². The average Bonchev–Trinajstić information content (AvgIpc) is 3.00. The van der Waals surface area contributed by atoms with Crippen LogP contribution in [0.4, 0.5) is 11.4 Å². The third-order valence-electron chi connectivity index (χ3n) is 3.76. The predicted molar refractivity (Wildman–Crippen MR) is 107 cm³/mol. The SMILES string of the molecule is CC(=O)c1cccc(NC(=O)C[C@@H]2S/C(=N/Nc3ccccc3)NC2=O)c1. The molecule has 7 nitrogen and oxygen atoms in total. The quantitative estimate of drug-likeness (QED) is 0.527. The number of amidine groups is 1. The molecule has 0 bridgehead atoms. The Balaban J connectivity index is 1.56. The van der Waals surface area contributed by atoms with Crippen molar-refractivity contribution < 1.29 is 14.4 Å². The van der Waals surface area contributed by atoms with Gasteiger partial charge in [-0.1, -0.05) is 42.1 Å². The maximum absolute atomic E-state index is 12.2. The van der Waals surface area contributed by atoms with Gasteiger partial charge in [-0.05, 0) is 31.2 Å². The summed E-state index contributed by atoms with van der Waals surface area (Å²) in [7, 11) is 0. The number of para-hydroxylation sites is 1. The van der Waals surface area contributed by atoms with E-state index in [1.165, 1.54) is 18.7 Å². The van der Waals surface area contributed by atoms with E-state index < -0.39 is 5.25 Å². The van der Waals surface area contributed by atoms with Crippen LogP contribution in [0.1, 0.15) is 23.7 Å². The maximum Gasteiger partial charge on any atom is 0.240 e. The minimum absolute atomic E-state index is 0.00512. The van der Waals surface area contributed by atoms with Gasteiger partial charge in [0.1, 0.15) is 5.25 Å². The lowest BCUT2D eigenvalue weighted by atomic mass is 10.1. The van der Waals surface area contributed by atoms with E-state index in [1.807, 2.05) is 30.3 Å². The highest BCUT2D eigenvalue weighted by atomic mass is 32.2. The number of carbonyl (C=O) groups is 3. The molecule has 2 aromatic rings. The molecule has 1 aliphatic rings. The monoisotopic (exact) mass is 382 g/mol. The van der Waals surface area contributed by atoms with Crippen molar-refractivity contribution in [3.8, 4) is 0 Å². The molecule has 0 saturated carbocycles. The summed E-state index contributed by atoms with van der Waals surface area (Å²) >= 11 is 1.20. The Morgan fingerprint density at radius 3 is 2.59 bits per heavy atom. The fraction of sp³-hybridized carbons (Fsp3) is 0.158. The smallest absolute Gasteiger partial charge is 0.240 e. The summed E-state index contributed by atoms with van der Waals surface area (Å²) in [5.41, 5.74) is 4.69. The van der Waals surface area contributed by atoms with E-state index in [4.69, 9.17) is 0 Å². The van der Waals surface area contributed by atoms with Crippen molar-refractivity contribution >= 4 is 45.9 Å². The van der Waals surface area contributed by atoms with Gasteiger partial charge >= 0.3 is 0 Å². The number of thioether (sulfide) groups is 1. The Kier molecular flexibility index (Phi) is 5.87. The summed E-state index contributed by atoms with van der Waals surface area (Å²) in [4.78, 5) is 35.7. The molecule has 0 spiro atoms. The topological polar surface area (TPSA) is 99.7 Å². The van der Waals surface area contributed by atoms with Crippen molar-refractivity contribution in [3.63, 3.8) is 0 Å². The number of rotatable bonds is 6. The second-order valence-electron chi connectivity index (χ2n) is 5.88. The summed E-state index contributed by atoms with van der Waals surface area (Å²) in [6, 6.07) is 16.0. The second kappa shape index (κ2) is 8.50. The van der Waals surface area contributed by atoms with Crippen molar-refractivity contribution in [2.24, 2.45) is 5.10 Å². The number of amides is 2. The molecule has 0 aliphatic carbocycles. The number of hydrazone groups is 1. The van der Waals surface area contributed by atoms with E-state index in [0.717, 1.165) is 5.69 Å². The van der Waals surface area contributed by atoms with Gasteiger partial charge in [0.2, 0.25) is 11.8 Å². The summed E-state index contributed by atoms with van der Waals surface area (Å²) in [5, 5.41) is 9.38. The first kappa shape index (κ1) is 18.7. The van der Waals surface area contributed by atoms with E-state index >= 15 is 0 Å². The Labute approximate surface area is 160 Å². The molecule has 1 heterocycles. The van der Waals surface area contributed by atoms with Gasteiger partial charge in [-0.2, -0.15) is 0 Å². The molecule has 1 atom stereocenters. The van der Waals surface area contributed by atoms with Crippen LogP contribution in [0.3, 0.4) is 0 Å². The number of benzene rings is 2. The summed E-state index contributed by atoms with van der Waals surface area (Å²) in [5.74, 6) is -0.648. The lowest BCUT2D eigenvalue weighted by Gasteiger charge is -2.08. The highest BCUT2D eigenvalue weighted by Crippen LogP contribution is 2.23. The molecule has 1 fully saturated rings. The maximum atomic E-state index is 12.2. The van der Waals surface area contributed by atoms with Crippen molar-refractivity contribution in [1.82, 2.24) is 5.32 Å². The van der Waals surface area contributed by atoms with Crippen LogP contribution in [-0.4, -0.2) is 28.0 Å². The van der Waals surface area contributed by atoms with Crippen molar-refractivity contribution in [3.05, 3.63) is 60.2 Å². The first-order valence-corrected chi connectivity index (χ1v) is 9.16. The fourth-order valence-electron chi connectivity index (χ4n) is 2.42. The highest BCUT2D eigenvalue weighted by Gasteiger charge is 2.32. The second-order valence-corrected chi connectivity index (χ2v) is 7.07. The van der Waals surface area contributed by atoms with Crippen LogP contribution in [0.5, 0.6) is 0 Å². The molecule has 8 heteroatoms. The zero-order valence-corrected chi connectivity index (χ0v) is 15.4. The largest absolute Gasteiger partial charge is 0.326 e. The molecule has 1 aliphatic heterocycles. The zero-order chi connectivity index (χ0) is 19.2. The Hall–Kier alpha value is -3.13. The number of Topliss-reactive ketones (excluding diaryl/α,β-unsaturated/α-hetero) is 1. The summed E-state index contributed by atoms with van der Waals surface area (Å²) in [6.07, 6.45) is 0.00512. The van der Waals surface area contributed by atoms with Gasteiger partial charge in [-0.3, -0.25) is 19.8 Å². The van der Waals surface area contributed by atoms with Crippen LogP contribution in [0, 0.1) is 0 Å². The van der Waals surface area contributed by atoms with Crippen LogP contribution in [0.2, 0.25) is 0 Å². The molecular formula is C19H18N4O3S. The minimum atomic E-state index is -0.558. The van der Waals surface area contributed by atoms with Crippen LogP contribution in [0.25, 0.3) is 0 Å².